The van der Waals surface area contributed by atoms with Gasteiger partial charge in [-0.3, -0.25) is 9.78 Å². The number of hydrogen-bond donors (Lipinski definition) is 4. The lowest BCUT2D eigenvalue weighted by atomic mass is 10.0. The van der Waals surface area contributed by atoms with Crippen molar-refractivity contribution < 1.29 is 19.7 Å². The quantitative estimate of drug-likeness (QED) is 0.182. The Labute approximate surface area is 251 Å². The van der Waals surface area contributed by atoms with Crippen molar-refractivity contribution in [3.8, 4) is 28.7 Å². The molecule has 6 rings (SSSR count). The van der Waals surface area contributed by atoms with Crippen molar-refractivity contribution in [3.05, 3.63) is 139 Å². The monoisotopic (exact) mass is 590 g/mol. The van der Waals surface area contributed by atoms with E-state index < -0.39 is 17.0 Å². The molecule has 0 aliphatic carbocycles. The van der Waals surface area contributed by atoms with E-state index in [2.05, 4.69) is 15.0 Å². The van der Waals surface area contributed by atoms with Crippen LogP contribution in [0.1, 0.15) is 33.4 Å². The molecule has 6 aromatic rings. The number of aromatic nitrogens is 4. The zero-order valence-electron chi connectivity index (χ0n) is 24.1. The van der Waals surface area contributed by atoms with Gasteiger partial charge in [0.15, 0.2) is 5.65 Å². The molecule has 222 valence electrons. The molecule has 0 aliphatic rings. The van der Waals surface area contributed by atoms with E-state index in [9.17, 15) is 19.8 Å². The van der Waals surface area contributed by atoms with Crippen LogP contribution < -0.4 is 20.7 Å². The number of phenolic OH excluding ortho intramolecular Hbond substituents is 2. The van der Waals surface area contributed by atoms with Crippen molar-refractivity contribution in [3.63, 3.8) is 0 Å². The van der Waals surface area contributed by atoms with Crippen LogP contribution in [0.3, 0.4) is 0 Å². The predicted octanol–water partition coefficient (Wildman–Crippen LogP) is 5.18. The van der Waals surface area contributed by atoms with Crippen molar-refractivity contribution in [2.45, 2.75) is 33.5 Å². The second-order valence-corrected chi connectivity index (χ2v) is 10.6. The Morgan fingerprint density at radius 3 is 2.16 bits per heavy atom. The maximum absolute atomic E-state index is 13.1. The molecule has 0 saturated carbocycles. The van der Waals surface area contributed by atoms with Gasteiger partial charge in [0.05, 0.1) is 12.0 Å². The minimum Gasteiger partial charge on any atom is -0.508 e. The van der Waals surface area contributed by atoms with Crippen molar-refractivity contribution in [1.29, 1.82) is 0 Å². The highest BCUT2D eigenvalue weighted by atomic mass is 16.5. The van der Waals surface area contributed by atoms with E-state index in [1.807, 2.05) is 62.4 Å². The standard InChI is InChI=1S/C34H30N4O6/c1-20-3-7-22(8-4-20)17-43-25-12-11-24(29(16-25)44-18-23-9-5-21(2)6-10-23)15-26-28(39)14-13-27(31(26)40)38-33(41)30-32(36-19-35-30)37-34(38)42/h3-14,16,19,39-40H,15,17-18H2,1-2H3,(H,35,36)(H,37,42). The van der Waals surface area contributed by atoms with E-state index >= 15 is 0 Å². The number of hydrogen-bond acceptors (Lipinski definition) is 7. The van der Waals surface area contributed by atoms with Gasteiger partial charge in [0.25, 0.3) is 5.56 Å². The summed E-state index contributed by atoms with van der Waals surface area (Å²) in [5.41, 5.74) is 3.68. The van der Waals surface area contributed by atoms with Gasteiger partial charge in [-0.15, -0.1) is 0 Å². The number of H-pyrrole nitrogens is 2. The topological polar surface area (TPSA) is 142 Å². The summed E-state index contributed by atoms with van der Waals surface area (Å²) in [4.78, 5) is 35.1. The van der Waals surface area contributed by atoms with E-state index in [0.717, 1.165) is 26.8 Å². The maximum Gasteiger partial charge on any atom is 0.334 e. The molecule has 4 aromatic carbocycles. The molecule has 4 N–H and O–H groups in total. The van der Waals surface area contributed by atoms with Crippen LogP contribution in [-0.2, 0) is 19.6 Å². The molecule has 0 aliphatic heterocycles. The Balaban J connectivity index is 1.35. The van der Waals surface area contributed by atoms with Crippen LogP contribution >= 0.6 is 0 Å². The fraction of sp³-hybridized carbons (Fsp3) is 0.147. The molecular formula is C34H30N4O6. The first kappa shape index (κ1) is 28.4. The maximum atomic E-state index is 13.1. The third kappa shape index (κ3) is 5.78. The number of rotatable bonds is 9. The number of aromatic amines is 2. The van der Waals surface area contributed by atoms with Crippen LogP contribution in [0, 0.1) is 13.8 Å². The molecule has 2 heterocycles. The number of phenols is 2. The van der Waals surface area contributed by atoms with Crippen LogP contribution in [-0.4, -0.2) is 29.7 Å². The highest BCUT2D eigenvalue weighted by molar-refractivity contribution is 5.69. The molecule has 0 fully saturated rings. The van der Waals surface area contributed by atoms with Gasteiger partial charge in [-0.1, -0.05) is 65.7 Å². The van der Waals surface area contributed by atoms with Crippen LogP contribution in [0.15, 0.2) is 94.8 Å². The highest BCUT2D eigenvalue weighted by Crippen LogP contribution is 2.37. The fourth-order valence-electron chi connectivity index (χ4n) is 4.89. The Bertz CT molecular complexity index is 2080. The minimum absolute atomic E-state index is 0.0337. The summed E-state index contributed by atoms with van der Waals surface area (Å²) >= 11 is 0. The van der Waals surface area contributed by atoms with Gasteiger partial charge in [0.2, 0.25) is 0 Å². The Morgan fingerprint density at radius 2 is 1.48 bits per heavy atom. The molecule has 10 heteroatoms. The second-order valence-electron chi connectivity index (χ2n) is 10.6. The normalized spacial score (nSPS) is 11.1. The number of aromatic hydroxyl groups is 2. The summed E-state index contributed by atoms with van der Waals surface area (Å²) < 4.78 is 13.1. The average Bonchev–Trinajstić information content (AvgIpc) is 3.49. The van der Waals surface area contributed by atoms with Crippen LogP contribution in [0.2, 0.25) is 0 Å². The van der Waals surface area contributed by atoms with Gasteiger partial charge in [0.1, 0.15) is 41.7 Å². The van der Waals surface area contributed by atoms with Gasteiger partial charge in [0, 0.05) is 18.1 Å². The fourth-order valence-corrected chi connectivity index (χ4v) is 4.89. The van der Waals surface area contributed by atoms with Gasteiger partial charge in [-0.05, 0) is 48.7 Å². The first-order chi connectivity index (χ1) is 21.3. The number of nitrogens with zero attached hydrogens (tertiary/aromatic N) is 2. The summed E-state index contributed by atoms with van der Waals surface area (Å²) in [6, 6.07) is 24.1. The molecule has 0 atom stereocenters. The van der Waals surface area contributed by atoms with E-state index in [0.29, 0.717) is 23.7 Å². The third-order valence-electron chi connectivity index (χ3n) is 7.41. The summed E-state index contributed by atoms with van der Waals surface area (Å²) in [5, 5.41) is 22.1. The predicted molar refractivity (Wildman–Crippen MR) is 166 cm³/mol. The molecule has 0 radical (unpaired) electrons. The van der Waals surface area contributed by atoms with Crippen LogP contribution in [0.4, 0.5) is 0 Å². The van der Waals surface area contributed by atoms with Gasteiger partial charge < -0.3 is 24.7 Å². The molecule has 0 unspecified atom stereocenters. The Kier molecular flexibility index (Phi) is 7.63. The molecule has 0 saturated heterocycles. The van der Waals surface area contributed by atoms with Crippen molar-refractivity contribution >= 4 is 11.2 Å². The molecule has 2 aromatic heterocycles. The molecule has 10 nitrogen and oxygen atoms in total. The Morgan fingerprint density at radius 1 is 0.818 bits per heavy atom. The number of benzene rings is 4. The number of imidazole rings is 1. The average molecular weight is 591 g/mol. The molecule has 0 spiro atoms. The van der Waals surface area contributed by atoms with Gasteiger partial charge in [-0.25, -0.2) is 14.3 Å². The number of aryl methyl sites for hydroxylation is 2. The van der Waals surface area contributed by atoms with Crippen LogP contribution in [0.5, 0.6) is 23.0 Å². The zero-order valence-corrected chi connectivity index (χ0v) is 24.1. The molecule has 44 heavy (non-hydrogen) atoms. The van der Waals surface area contributed by atoms with E-state index in [1.54, 1.807) is 18.2 Å². The van der Waals surface area contributed by atoms with Gasteiger partial charge in [-0.2, -0.15) is 0 Å². The minimum atomic E-state index is -0.779. The Hall–Kier alpha value is -5.77. The number of fused-ring (bicyclic) bond motifs is 1. The lowest BCUT2D eigenvalue weighted by Gasteiger charge is -2.17. The SMILES string of the molecule is Cc1ccc(COc2ccc(Cc3c(O)ccc(-n4c(=O)[nH]c5nc[nH]c5c4=O)c3O)c(OCc3ccc(C)cc3)c2)cc1. The molecular weight excluding hydrogens is 560 g/mol. The number of ether oxygens (including phenoxy) is 2. The summed E-state index contributed by atoms with van der Waals surface area (Å²) in [5.74, 6) is 0.453. The van der Waals surface area contributed by atoms with Crippen LogP contribution in [0.25, 0.3) is 16.9 Å². The van der Waals surface area contributed by atoms with E-state index in [4.69, 9.17) is 9.47 Å². The van der Waals surface area contributed by atoms with Crippen molar-refractivity contribution in [2.24, 2.45) is 0 Å². The smallest absolute Gasteiger partial charge is 0.334 e. The molecule has 0 amide bonds. The van der Waals surface area contributed by atoms with Crippen molar-refractivity contribution in [2.75, 3.05) is 0 Å². The third-order valence-corrected chi connectivity index (χ3v) is 7.41. The highest BCUT2D eigenvalue weighted by Gasteiger charge is 2.20. The lowest BCUT2D eigenvalue weighted by Crippen LogP contribution is -2.33. The number of nitrogens with one attached hydrogen (secondary N) is 2. The second kappa shape index (κ2) is 11.8. The van der Waals surface area contributed by atoms with Gasteiger partial charge >= 0.3 is 5.69 Å². The zero-order chi connectivity index (χ0) is 30.8. The van der Waals surface area contributed by atoms with Crippen molar-refractivity contribution in [1.82, 2.24) is 19.5 Å². The van der Waals surface area contributed by atoms with E-state index in [-0.39, 0.29) is 41.2 Å². The molecule has 0 bridgehead atoms. The summed E-state index contributed by atoms with van der Waals surface area (Å²) in [7, 11) is 0. The summed E-state index contributed by atoms with van der Waals surface area (Å²) in [6.45, 7) is 4.69. The first-order valence-electron chi connectivity index (χ1n) is 14.0. The van der Waals surface area contributed by atoms with E-state index in [1.165, 1.54) is 18.5 Å². The first-order valence-corrected chi connectivity index (χ1v) is 14.0. The lowest BCUT2D eigenvalue weighted by molar-refractivity contribution is 0.288. The largest absolute Gasteiger partial charge is 0.508 e. The summed E-state index contributed by atoms with van der Waals surface area (Å²) in [6.07, 6.45) is 1.33.